The van der Waals surface area contributed by atoms with Gasteiger partial charge in [0.25, 0.3) is 0 Å². The van der Waals surface area contributed by atoms with Crippen LogP contribution in [0.1, 0.15) is 39.2 Å². The number of amides is 1. The Morgan fingerprint density at radius 3 is 2.52 bits per heavy atom. The van der Waals surface area contributed by atoms with Crippen molar-refractivity contribution in [2.75, 3.05) is 12.3 Å². The fourth-order valence-corrected chi connectivity index (χ4v) is 5.26. The summed E-state index contributed by atoms with van der Waals surface area (Å²) in [4.78, 5) is 12.2. The molecule has 1 aromatic rings. The van der Waals surface area contributed by atoms with E-state index in [0.717, 1.165) is 0 Å². The van der Waals surface area contributed by atoms with E-state index >= 15 is 0 Å². The zero-order valence-electron chi connectivity index (χ0n) is 14.9. The monoisotopic (exact) mass is 372 g/mol. The molecule has 0 heterocycles. The smallest absolute Gasteiger partial charge is 0.408 e. The maximum absolute atomic E-state index is 13.6. The number of alkyl carbamates (subject to hydrolysis) is 1. The molecular formula is C17H25FN2O4S. The molecule has 140 valence electrons. The van der Waals surface area contributed by atoms with Gasteiger partial charge in [0.1, 0.15) is 11.4 Å². The van der Waals surface area contributed by atoms with Crippen molar-refractivity contribution >= 4 is 15.9 Å². The number of sulfone groups is 1. The molecule has 0 aromatic heterocycles. The topological polar surface area (TPSA) is 98.5 Å². The molecule has 25 heavy (non-hydrogen) atoms. The van der Waals surface area contributed by atoms with Gasteiger partial charge in [-0.15, -0.1) is 0 Å². The number of benzene rings is 1. The molecule has 0 spiro atoms. The summed E-state index contributed by atoms with van der Waals surface area (Å²) in [6.45, 7) is 6.55. The van der Waals surface area contributed by atoms with Crippen LogP contribution in [0, 0.1) is 5.82 Å². The Kier molecular flexibility index (Phi) is 5.16. The van der Waals surface area contributed by atoms with Crippen LogP contribution in [0.3, 0.4) is 0 Å². The highest BCUT2D eigenvalue weighted by Crippen LogP contribution is 2.55. The Morgan fingerprint density at radius 1 is 1.40 bits per heavy atom. The van der Waals surface area contributed by atoms with Crippen LogP contribution in [0.5, 0.6) is 0 Å². The minimum atomic E-state index is -3.52. The van der Waals surface area contributed by atoms with Gasteiger partial charge in [-0.3, -0.25) is 0 Å². The van der Waals surface area contributed by atoms with E-state index in [9.17, 15) is 17.6 Å². The second-order valence-electron chi connectivity index (χ2n) is 7.28. The van der Waals surface area contributed by atoms with Gasteiger partial charge in [0, 0.05) is 18.2 Å². The predicted octanol–water partition coefficient (Wildman–Crippen LogP) is 1.95. The number of hydrogen-bond acceptors (Lipinski definition) is 5. The standard InChI is InChI=1S/C17H25FN2O4S/c1-5-25(22,23)14-13(11-7-6-8-12(18)9-11)17(14,10-19)20-15(21)24-16(2,3)4/h6-9,13-14H,5,10,19H2,1-4H3,(H,20,21)/t13-,14-,17+/m0/s1. The maximum atomic E-state index is 13.6. The summed E-state index contributed by atoms with van der Waals surface area (Å²) in [6.07, 6.45) is -0.742. The van der Waals surface area contributed by atoms with E-state index in [1.807, 2.05) is 0 Å². The fraction of sp³-hybridized carbons (Fsp3) is 0.588. The predicted molar refractivity (Wildman–Crippen MR) is 93.5 cm³/mol. The third kappa shape index (κ3) is 3.95. The molecule has 0 aliphatic heterocycles. The van der Waals surface area contributed by atoms with Crippen molar-refractivity contribution in [1.29, 1.82) is 0 Å². The van der Waals surface area contributed by atoms with Gasteiger partial charge in [0.05, 0.1) is 10.8 Å². The molecule has 0 radical (unpaired) electrons. The molecule has 2 rings (SSSR count). The van der Waals surface area contributed by atoms with Crippen LogP contribution in [0.25, 0.3) is 0 Å². The van der Waals surface area contributed by atoms with E-state index < -0.39 is 44.1 Å². The average molecular weight is 372 g/mol. The van der Waals surface area contributed by atoms with Crippen molar-refractivity contribution in [3.63, 3.8) is 0 Å². The first-order valence-electron chi connectivity index (χ1n) is 8.15. The molecule has 1 aromatic carbocycles. The van der Waals surface area contributed by atoms with Gasteiger partial charge in [-0.2, -0.15) is 0 Å². The number of nitrogens with one attached hydrogen (secondary N) is 1. The van der Waals surface area contributed by atoms with E-state index in [1.165, 1.54) is 25.1 Å². The lowest BCUT2D eigenvalue weighted by molar-refractivity contribution is 0.0497. The van der Waals surface area contributed by atoms with Crippen molar-refractivity contribution in [2.24, 2.45) is 5.73 Å². The summed E-state index contributed by atoms with van der Waals surface area (Å²) in [5.41, 5.74) is 4.41. The molecule has 3 atom stereocenters. The molecule has 1 saturated carbocycles. The molecule has 1 amide bonds. The number of carbonyl (C=O) groups is 1. The molecule has 1 fully saturated rings. The summed E-state index contributed by atoms with van der Waals surface area (Å²) >= 11 is 0. The first kappa shape index (κ1) is 19.7. The van der Waals surface area contributed by atoms with Crippen molar-refractivity contribution in [2.45, 2.75) is 50.0 Å². The summed E-state index contributed by atoms with van der Waals surface area (Å²) in [7, 11) is -3.52. The van der Waals surface area contributed by atoms with E-state index in [2.05, 4.69) is 5.32 Å². The number of carbonyl (C=O) groups excluding carboxylic acids is 1. The van der Waals surface area contributed by atoms with Crippen molar-refractivity contribution in [1.82, 2.24) is 5.32 Å². The Labute approximate surface area is 147 Å². The van der Waals surface area contributed by atoms with Crippen molar-refractivity contribution < 1.29 is 22.3 Å². The number of halogens is 1. The summed E-state index contributed by atoms with van der Waals surface area (Å²) in [5.74, 6) is -1.19. The van der Waals surface area contributed by atoms with Crippen LogP contribution in [-0.4, -0.2) is 43.2 Å². The molecular weight excluding hydrogens is 347 g/mol. The van der Waals surface area contributed by atoms with Crippen molar-refractivity contribution in [3.05, 3.63) is 35.6 Å². The van der Waals surface area contributed by atoms with Gasteiger partial charge in [-0.05, 0) is 38.5 Å². The van der Waals surface area contributed by atoms with Crippen LogP contribution >= 0.6 is 0 Å². The molecule has 8 heteroatoms. The van der Waals surface area contributed by atoms with Crippen LogP contribution in [0.4, 0.5) is 9.18 Å². The second kappa shape index (κ2) is 6.57. The van der Waals surface area contributed by atoms with E-state index in [-0.39, 0.29) is 12.3 Å². The minimum Gasteiger partial charge on any atom is -0.444 e. The Morgan fingerprint density at radius 2 is 2.04 bits per heavy atom. The lowest BCUT2D eigenvalue weighted by Crippen LogP contribution is -2.49. The lowest BCUT2D eigenvalue weighted by atomic mass is 10.1. The molecule has 1 aliphatic carbocycles. The highest BCUT2D eigenvalue weighted by atomic mass is 32.2. The van der Waals surface area contributed by atoms with Gasteiger partial charge in [-0.1, -0.05) is 19.1 Å². The highest BCUT2D eigenvalue weighted by molar-refractivity contribution is 7.92. The minimum absolute atomic E-state index is 0.0960. The zero-order valence-corrected chi connectivity index (χ0v) is 15.7. The van der Waals surface area contributed by atoms with Gasteiger partial charge in [0.2, 0.25) is 0 Å². The lowest BCUT2D eigenvalue weighted by Gasteiger charge is -2.24. The van der Waals surface area contributed by atoms with Crippen LogP contribution in [0.15, 0.2) is 24.3 Å². The maximum Gasteiger partial charge on any atom is 0.408 e. The first-order chi connectivity index (χ1) is 11.5. The number of rotatable bonds is 5. The summed E-state index contributed by atoms with van der Waals surface area (Å²) in [5, 5.41) is 1.73. The van der Waals surface area contributed by atoms with Crippen LogP contribution in [-0.2, 0) is 14.6 Å². The normalized spacial score (nSPS) is 26.2. The van der Waals surface area contributed by atoms with Crippen LogP contribution in [0.2, 0.25) is 0 Å². The quantitative estimate of drug-likeness (QED) is 0.823. The summed E-state index contributed by atoms with van der Waals surface area (Å²) < 4.78 is 43.9. The van der Waals surface area contributed by atoms with Gasteiger partial charge < -0.3 is 15.8 Å². The molecule has 6 nitrogen and oxygen atoms in total. The molecule has 0 saturated heterocycles. The van der Waals surface area contributed by atoms with E-state index in [1.54, 1.807) is 26.8 Å². The average Bonchev–Trinajstić information content (AvgIpc) is 3.15. The van der Waals surface area contributed by atoms with Gasteiger partial charge in [0.15, 0.2) is 9.84 Å². The second-order valence-corrected chi connectivity index (χ2v) is 9.69. The molecule has 0 unspecified atom stereocenters. The number of ether oxygens (including phenoxy) is 1. The molecule has 0 bridgehead atoms. The Bertz CT molecular complexity index is 760. The third-order valence-corrected chi connectivity index (χ3v) is 6.60. The number of nitrogens with two attached hydrogens (primary N) is 1. The third-order valence-electron chi connectivity index (χ3n) is 4.32. The molecule has 1 aliphatic rings. The fourth-order valence-electron chi connectivity index (χ4n) is 3.22. The Hall–Kier alpha value is -1.67. The van der Waals surface area contributed by atoms with Crippen LogP contribution < -0.4 is 11.1 Å². The largest absolute Gasteiger partial charge is 0.444 e. The van der Waals surface area contributed by atoms with Gasteiger partial charge >= 0.3 is 6.09 Å². The highest BCUT2D eigenvalue weighted by Gasteiger charge is 2.71. The van der Waals surface area contributed by atoms with Gasteiger partial charge in [-0.25, -0.2) is 17.6 Å². The van der Waals surface area contributed by atoms with E-state index in [0.29, 0.717) is 5.56 Å². The number of hydrogen-bond donors (Lipinski definition) is 2. The first-order valence-corrected chi connectivity index (χ1v) is 9.86. The SMILES string of the molecule is CCS(=O)(=O)[C@H]1[C@H](c2cccc(F)c2)[C@@]1(CN)NC(=O)OC(C)(C)C. The molecule has 3 N–H and O–H groups in total. The Balaban J connectivity index is 2.40. The van der Waals surface area contributed by atoms with E-state index in [4.69, 9.17) is 10.5 Å². The zero-order chi connectivity index (χ0) is 19.0. The summed E-state index contributed by atoms with van der Waals surface area (Å²) in [6, 6.07) is 5.70. The van der Waals surface area contributed by atoms with Crippen molar-refractivity contribution in [3.8, 4) is 0 Å².